The van der Waals surface area contributed by atoms with E-state index in [4.69, 9.17) is 11.6 Å². The van der Waals surface area contributed by atoms with Crippen LogP contribution in [-0.4, -0.2) is 11.2 Å². The predicted octanol–water partition coefficient (Wildman–Crippen LogP) is 3.24. The molecule has 1 rings (SSSR count). The van der Waals surface area contributed by atoms with Gasteiger partial charge in [0, 0.05) is 3.57 Å². The van der Waals surface area contributed by atoms with Crippen molar-refractivity contribution in [3.05, 3.63) is 33.1 Å². The molecule has 0 aliphatic rings. The van der Waals surface area contributed by atoms with Gasteiger partial charge in [0.15, 0.2) is 5.78 Å². The average Bonchev–Trinajstić information content (AvgIpc) is 2.08. The molecular formula is C9H7ClFIO. The van der Waals surface area contributed by atoms with Crippen LogP contribution in [-0.2, 0) is 0 Å². The molecule has 1 nitrogen and oxygen atoms in total. The summed E-state index contributed by atoms with van der Waals surface area (Å²) < 4.78 is 13.8. The van der Waals surface area contributed by atoms with Crippen molar-refractivity contribution < 1.29 is 9.18 Å². The Morgan fingerprint density at radius 1 is 1.62 bits per heavy atom. The average molecular weight is 313 g/mol. The van der Waals surface area contributed by atoms with Crippen molar-refractivity contribution in [2.45, 2.75) is 12.3 Å². The predicted molar refractivity (Wildman–Crippen MR) is 58.8 cm³/mol. The lowest BCUT2D eigenvalue weighted by Gasteiger charge is -2.04. The number of hydrogen-bond acceptors (Lipinski definition) is 1. The van der Waals surface area contributed by atoms with Gasteiger partial charge in [0.1, 0.15) is 5.82 Å². The summed E-state index contributed by atoms with van der Waals surface area (Å²) in [4.78, 5) is 11.3. The molecule has 1 atom stereocenters. The summed E-state index contributed by atoms with van der Waals surface area (Å²) in [7, 11) is 0. The molecule has 0 fully saturated rings. The monoisotopic (exact) mass is 312 g/mol. The van der Waals surface area contributed by atoms with Crippen LogP contribution in [0.25, 0.3) is 0 Å². The van der Waals surface area contributed by atoms with Crippen LogP contribution in [0.15, 0.2) is 18.2 Å². The van der Waals surface area contributed by atoms with Gasteiger partial charge in [-0.3, -0.25) is 4.79 Å². The third-order valence-corrected chi connectivity index (χ3v) is 2.61. The number of alkyl halides is 1. The molecule has 0 N–H and O–H groups in total. The maximum atomic E-state index is 13.3. The molecule has 70 valence electrons. The van der Waals surface area contributed by atoms with Gasteiger partial charge < -0.3 is 0 Å². The number of carbonyl (C=O) groups excluding carboxylic acids is 1. The SMILES string of the molecule is CC(Cl)C(=O)c1cccc(I)c1F. The van der Waals surface area contributed by atoms with Crippen molar-refractivity contribution in [2.24, 2.45) is 0 Å². The molecule has 0 aliphatic heterocycles. The van der Waals surface area contributed by atoms with Crippen LogP contribution in [0.5, 0.6) is 0 Å². The van der Waals surface area contributed by atoms with E-state index in [9.17, 15) is 9.18 Å². The van der Waals surface area contributed by atoms with Gasteiger partial charge in [0.25, 0.3) is 0 Å². The minimum absolute atomic E-state index is 0.0643. The van der Waals surface area contributed by atoms with E-state index in [1.54, 1.807) is 12.1 Å². The first kappa shape index (κ1) is 10.9. The lowest BCUT2D eigenvalue weighted by molar-refractivity contribution is 0.0987. The molecule has 0 aromatic heterocycles. The quantitative estimate of drug-likeness (QED) is 0.465. The third kappa shape index (κ3) is 2.40. The van der Waals surface area contributed by atoms with Crippen LogP contribution in [0.2, 0.25) is 0 Å². The van der Waals surface area contributed by atoms with Crippen LogP contribution < -0.4 is 0 Å². The summed E-state index contributed by atoms with van der Waals surface area (Å²) in [5.74, 6) is -0.863. The van der Waals surface area contributed by atoms with Crippen LogP contribution in [0.4, 0.5) is 4.39 Å². The topological polar surface area (TPSA) is 17.1 Å². The number of rotatable bonds is 2. The Morgan fingerprint density at radius 3 is 2.77 bits per heavy atom. The van der Waals surface area contributed by atoms with Crippen molar-refractivity contribution in [1.82, 2.24) is 0 Å². The first-order valence-electron chi connectivity index (χ1n) is 3.66. The fourth-order valence-electron chi connectivity index (χ4n) is 0.908. The molecule has 0 spiro atoms. The van der Waals surface area contributed by atoms with Crippen LogP contribution in [0.1, 0.15) is 17.3 Å². The highest BCUT2D eigenvalue weighted by Crippen LogP contribution is 2.17. The molecule has 0 aliphatic carbocycles. The second-order valence-electron chi connectivity index (χ2n) is 2.58. The molecule has 1 unspecified atom stereocenters. The van der Waals surface area contributed by atoms with Gasteiger partial charge in [-0.2, -0.15) is 0 Å². The standard InChI is InChI=1S/C9H7ClFIO/c1-5(10)9(13)6-3-2-4-7(12)8(6)11/h2-5H,1H3. The minimum Gasteiger partial charge on any atom is -0.292 e. The van der Waals surface area contributed by atoms with Crippen molar-refractivity contribution in [3.8, 4) is 0 Å². The van der Waals surface area contributed by atoms with Crippen molar-refractivity contribution in [1.29, 1.82) is 0 Å². The van der Waals surface area contributed by atoms with E-state index in [1.807, 2.05) is 22.6 Å². The first-order valence-corrected chi connectivity index (χ1v) is 5.18. The van der Waals surface area contributed by atoms with Crippen molar-refractivity contribution in [2.75, 3.05) is 0 Å². The van der Waals surface area contributed by atoms with Crippen LogP contribution in [0, 0.1) is 9.39 Å². The molecule has 0 amide bonds. The van der Waals surface area contributed by atoms with E-state index < -0.39 is 11.2 Å². The fourth-order valence-corrected chi connectivity index (χ4v) is 1.52. The van der Waals surface area contributed by atoms with Gasteiger partial charge in [-0.25, -0.2) is 4.39 Å². The van der Waals surface area contributed by atoms with Gasteiger partial charge in [-0.05, 0) is 41.6 Å². The zero-order valence-electron chi connectivity index (χ0n) is 6.85. The number of halogens is 3. The Hall–Kier alpha value is -0.160. The maximum Gasteiger partial charge on any atom is 0.183 e. The molecule has 0 bridgehead atoms. The van der Waals surface area contributed by atoms with Crippen molar-refractivity contribution >= 4 is 40.0 Å². The van der Waals surface area contributed by atoms with E-state index in [1.165, 1.54) is 13.0 Å². The number of ketones is 1. The van der Waals surface area contributed by atoms with E-state index in [-0.39, 0.29) is 11.3 Å². The van der Waals surface area contributed by atoms with Crippen molar-refractivity contribution in [3.63, 3.8) is 0 Å². The smallest absolute Gasteiger partial charge is 0.183 e. The number of hydrogen-bond donors (Lipinski definition) is 0. The molecule has 0 saturated heterocycles. The van der Waals surface area contributed by atoms with E-state index >= 15 is 0 Å². The van der Waals surface area contributed by atoms with Gasteiger partial charge in [-0.1, -0.05) is 6.07 Å². The fraction of sp³-hybridized carbons (Fsp3) is 0.222. The van der Waals surface area contributed by atoms with Gasteiger partial charge >= 0.3 is 0 Å². The highest BCUT2D eigenvalue weighted by Gasteiger charge is 2.17. The Balaban J connectivity index is 3.15. The summed E-state index contributed by atoms with van der Waals surface area (Å²) >= 11 is 7.40. The molecule has 4 heteroatoms. The molecule has 0 heterocycles. The Labute approximate surface area is 94.4 Å². The summed E-state index contributed by atoms with van der Waals surface area (Å²) in [5, 5.41) is -0.687. The number of benzene rings is 1. The lowest BCUT2D eigenvalue weighted by atomic mass is 10.1. The Morgan fingerprint density at radius 2 is 2.23 bits per heavy atom. The van der Waals surface area contributed by atoms with Gasteiger partial charge in [0.2, 0.25) is 0 Å². The van der Waals surface area contributed by atoms with E-state index in [0.717, 1.165) is 0 Å². The molecule has 13 heavy (non-hydrogen) atoms. The third-order valence-electron chi connectivity index (χ3n) is 1.58. The summed E-state index contributed by atoms with van der Waals surface area (Å²) in [6.07, 6.45) is 0. The highest BCUT2D eigenvalue weighted by molar-refractivity contribution is 14.1. The molecular weight excluding hydrogens is 305 g/mol. The number of Topliss-reactive ketones (excluding diaryl/α,β-unsaturated/α-hetero) is 1. The molecule has 1 aromatic rings. The summed E-state index contributed by atoms with van der Waals surface area (Å²) in [6.45, 7) is 1.53. The zero-order valence-corrected chi connectivity index (χ0v) is 9.76. The summed E-state index contributed by atoms with van der Waals surface area (Å²) in [6, 6.07) is 4.68. The van der Waals surface area contributed by atoms with Crippen LogP contribution >= 0.6 is 34.2 Å². The summed E-state index contributed by atoms with van der Waals surface area (Å²) in [5.41, 5.74) is 0.0643. The molecule has 1 aromatic carbocycles. The normalized spacial score (nSPS) is 12.6. The number of carbonyl (C=O) groups is 1. The second kappa shape index (κ2) is 4.37. The maximum absolute atomic E-state index is 13.3. The lowest BCUT2D eigenvalue weighted by Crippen LogP contribution is -2.12. The minimum atomic E-state index is -0.687. The van der Waals surface area contributed by atoms with E-state index in [2.05, 4.69) is 0 Å². The Kier molecular flexibility index (Phi) is 3.67. The zero-order chi connectivity index (χ0) is 10.0. The molecule has 0 radical (unpaired) electrons. The molecule has 0 saturated carbocycles. The van der Waals surface area contributed by atoms with Gasteiger partial charge in [-0.15, -0.1) is 11.6 Å². The van der Waals surface area contributed by atoms with Gasteiger partial charge in [0.05, 0.1) is 10.9 Å². The largest absolute Gasteiger partial charge is 0.292 e. The Bertz CT molecular complexity index is 338. The first-order chi connectivity index (χ1) is 6.04. The van der Waals surface area contributed by atoms with E-state index in [0.29, 0.717) is 3.57 Å². The van der Waals surface area contributed by atoms with Crippen LogP contribution in [0.3, 0.4) is 0 Å². The highest BCUT2D eigenvalue weighted by atomic mass is 127. The second-order valence-corrected chi connectivity index (χ2v) is 4.40.